The van der Waals surface area contributed by atoms with Crippen molar-refractivity contribution >= 4 is 16.9 Å². The Morgan fingerprint density at radius 3 is 2.50 bits per heavy atom. The van der Waals surface area contributed by atoms with Crippen molar-refractivity contribution in [2.24, 2.45) is 0 Å². The van der Waals surface area contributed by atoms with Gasteiger partial charge in [0.05, 0.1) is 22.4 Å². The average molecular weight is 347 g/mol. The minimum Gasteiger partial charge on any atom is -0.364 e. The Kier molecular flexibility index (Phi) is 4.08. The van der Waals surface area contributed by atoms with Crippen molar-refractivity contribution in [3.8, 4) is 5.69 Å². The number of nitrogens with one attached hydrogen (secondary N) is 1. The van der Waals surface area contributed by atoms with Crippen molar-refractivity contribution in [3.05, 3.63) is 77.8 Å². The smallest absolute Gasteiger partial charge is 0.148 e. The van der Waals surface area contributed by atoms with E-state index in [1.54, 1.807) is 23.0 Å². The van der Waals surface area contributed by atoms with Crippen molar-refractivity contribution in [2.75, 3.05) is 5.32 Å². The number of aromatic nitrogens is 4. The molecule has 0 spiro atoms. The van der Waals surface area contributed by atoms with Gasteiger partial charge in [0, 0.05) is 18.9 Å². The molecule has 2 aromatic heterocycles. The van der Waals surface area contributed by atoms with E-state index >= 15 is 0 Å². The lowest BCUT2D eigenvalue weighted by molar-refractivity contribution is 0.614. The van der Waals surface area contributed by atoms with Crippen LogP contribution in [0, 0.1) is 19.7 Å². The number of fused-ring (bicyclic) bond motifs is 1. The summed E-state index contributed by atoms with van der Waals surface area (Å²) in [6, 6.07) is 12.9. The van der Waals surface area contributed by atoms with E-state index in [2.05, 4.69) is 20.3 Å². The number of imidazole rings is 1. The maximum Gasteiger partial charge on any atom is 0.148 e. The van der Waals surface area contributed by atoms with E-state index < -0.39 is 0 Å². The maximum absolute atomic E-state index is 14.5. The highest BCUT2D eigenvalue weighted by molar-refractivity contribution is 5.76. The zero-order chi connectivity index (χ0) is 18.1. The van der Waals surface area contributed by atoms with Crippen molar-refractivity contribution in [3.63, 3.8) is 0 Å². The lowest BCUT2D eigenvalue weighted by atomic mass is 10.2. The molecule has 1 N–H and O–H groups in total. The second kappa shape index (κ2) is 6.55. The van der Waals surface area contributed by atoms with Crippen LogP contribution in [0.2, 0.25) is 0 Å². The van der Waals surface area contributed by atoms with Crippen molar-refractivity contribution < 1.29 is 4.39 Å². The summed E-state index contributed by atoms with van der Waals surface area (Å²) in [7, 11) is 0. The van der Waals surface area contributed by atoms with Crippen LogP contribution in [0.4, 0.5) is 10.2 Å². The molecule has 130 valence electrons. The SMILES string of the molecule is Cc1nc2ccccc2nc1NCc1ccc(-n2ccnc2C)c(F)c1. The van der Waals surface area contributed by atoms with E-state index in [-0.39, 0.29) is 5.82 Å². The first-order valence-corrected chi connectivity index (χ1v) is 8.38. The van der Waals surface area contributed by atoms with E-state index in [9.17, 15) is 4.39 Å². The van der Waals surface area contributed by atoms with Gasteiger partial charge in [0.25, 0.3) is 0 Å². The number of benzene rings is 2. The second-order valence-corrected chi connectivity index (χ2v) is 6.13. The molecule has 5 nitrogen and oxygen atoms in total. The lowest BCUT2D eigenvalue weighted by Gasteiger charge is -2.11. The molecule has 0 saturated heterocycles. The van der Waals surface area contributed by atoms with Gasteiger partial charge in [-0.1, -0.05) is 18.2 Å². The lowest BCUT2D eigenvalue weighted by Crippen LogP contribution is -2.06. The number of para-hydroxylation sites is 2. The van der Waals surface area contributed by atoms with E-state index in [1.165, 1.54) is 6.07 Å². The molecule has 0 unspecified atom stereocenters. The second-order valence-electron chi connectivity index (χ2n) is 6.13. The zero-order valence-corrected chi connectivity index (χ0v) is 14.6. The molecule has 0 amide bonds. The highest BCUT2D eigenvalue weighted by Crippen LogP contribution is 2.19. The number of rotatable bonds is 4. The quantitative estimate of drug-likeness (QED) is 0.602. The number of anilines is 1. The first-order valence-electron chi connectivity index (χ1n) is 8.38. The van der Waals surface area contributed by atoms with Gasteiger partial charge in [-0.3, -0.25) is 0 Å². The van der Waals surface area contributed by atoms with Gasteiger partial charge >= 0.3 is 0 Å². The molecule has 4 aromatic rings. The molecule has 4 rings (SSSR count). The van der Waals surface area contributed by atoms with Crippen molar-refractivity contribution in [2.45, 2.75) is 20.4 Å². The molecule has 0 atom stereocenters. The van der Waals surface area contributed by atoms with Crippen LogP contribution in [-0.4, -0.2) is 19.5 Å². The molecule has 0 saturated carbocycles. The number of halogens is 1. The predicted octanol–water partition coefficient (Wildman–Crippen LogP) is 4.18. The van der Waals surface area contributed by atoms with Crippen molar-refractivity contribution in [1.82, 2.24) is 19.5 Å². The van der Waals surface area contributed by atoms with Gasteiger partial charge in [0.2, 0.25) is 0 Å². The Bertz CT molecular complexity index is 1090. The molecule has 0 aliphatic rings. The highest BCUT2D eigenvalue weighted by atomic mass is 19.1. The average Bonchev–Trinajstić information content (AvgIpc) is 3.06. The Morgan fingerprint density at radius 1 is 1.04 bits per heavy atom. The molecule has 2 aromatic carbocycles. The third kappa shape index (κ3) is 3.01. The summed E-state index contributed by atoms with van der Waals surface area (Å²) in [5, 5.41) is 3.25. The van der Waals surface area contributed by atoms with Crippen LogP contribution < -0.4 is 5.32 Å². The molecule has 0 aliphatic carbocycles. The van der Waals surface area contributed by atoms with Crippen LogP contribution in [0.25, 0.3) is 16.7 Å². The molecule has 0 fully saturated rings. The fraction of sp³-hybridized carbons (Fsp3) is 0.150. The van der Waals surface area contributed by atoms with Crippen LogP contribution in [0.3, 0.4) is 0 Å². The van der Waals surface area contributed by atoms with Gasteiger partial charge in [-0.05, 0) is 43.7 Å². The number of nitrogens with zero attached hydrogens (tertiary/aromatic N) is 4. The van der Waals surface area contributed by atoms with Gasteiger partial charge in [-0.2, -0.15) is 0 Å². The Morgan fingerprint density at radius 2 is 1.81 bits per heavy atom. The molecular formula is C20H18FN5. The Hall–Kier alpha value is -3.28. The summed E-state index contributed by atoms with van der Waals surface area (Å²) in [6.07, 6.45) is 3.41. The number of hydrogen-bond acceptors (Lipinski definition) is 4. The minimum absolute atomic E-state index is 0.285. The normalized spacial score (nSPS) is 11.0. The van der Waals surface area contributed by atoms with Gasteiger partial charge in [-0.25, -0.2) is 19.3 Å². The number of hydrogen-bond donors (Lipinski definition) is 1. The van der Waals surface area contributed by atoms with Gasteiger partial charge in [0.1, 0.15) is 17.5 Å². The summed E-state index contributed by atoms with van der Waals surface area (Å²) in [5.74, 6) is 1.17. The van der Waals surface area contributed by atoms with Crippen LogP contribution in [0.15, 0.2) is 54.9 Å². The standard InChI is InChI=1S/C20H18FN5/c1-13-20(25-18-6-4-3-5-17(18)24-13)23-12-15-7-8-19(16(21)11-15)26-10-9-22-14(26)2/h3-11H,12H2,1-2H3,(H,23,25). The third-order valence-corrected chi connectivity index (χ3v) is 4.30. The van der Waals surface area contributed by atoms with Gasteiger partial charge in [0.15, 0.2) is 0 Å². The highest BCUT2D eigenvalue weighted by Gasteiger charge is 2.09. The molecular weight excluding hydrogens is 329 g/mol. The monoisotopic (exact) mass is 347 g/mol. The summed E-state index contributed by atoms with van der Waals surface area (Å²) in [5.41, 5.74) is 3.83. The molecule has 0 bridgehead atoms. The fourth-order valence-electron chi connectivity index (χ4n) is 2.93. The molecule has 0 radical (unpaired) electrons. The summed E-state index contributed by atoms with van der Waals surface area (Å²) >= 11 is 0. The predicted molar refractivity (Wildman–Crippen MR) is 99.9 cm³/mol. The first-order chi connectivity index (χ1) is 12.6. The van der Waals surface area contributed by atoms with Crippen LogP contribution >= 0.6 is 0 Å². The van der Waals surface area contributed by atoms with Gasteiger partial charge < -0.3 is 9.88 Å². The summed E-state index contributed by atoms with van der Waals surface area (Å²) in [6.45, 7) is 4.22. The number of aryl methyl sites for hydroxylation is 2. The maximum atomic E-state index is 14.5. The molecule has 6 heteroatoms. The van der Waals surface area contributed by atoms with Crippen LogP contribution in [0.5, 0.6) is 0 Å². The molecule has 26 heavy (non-hydrogen) atoms. The fourth-order valence-corrected chi connectivity index (χ4v) is 2.93. The van der Waals surface area contributed by atoms with E-state index in [0.717, 1.165) is 28.1 Å². The van der Waals surface area contributed by atoms with Gasteiger partial charge in [-0.15, -0.1) is 0 Å². The molecule has 2 heterocycles. The summed E-state index contributed by atoms with van der Waals surface area (Å²) < 4.78 is 16.2. The van der Waals surface area contributed by atoms with E-state index in [4.69, 9.17) is 0 Å². The van der Waals surface area contributed by atoms with Crippen LogP contribution in [0.1, 0.15) is 17.1 Å². The topological polar surface area (TPSA) is 55.6 Å². The largest absolute Gasteiger partial charge is 0.364 e. The third-order valence-electron chi connectivity index (χ3n) is 4.30. The minimum atomic E-state index is -0.285. The Labute approximate surface area is 150 Å². The van der Waals surface area contributed by atoms with E-state index in [1.807, 2.05) is 44.2 Å². The summed E-state index contributed by atoms with van der Waals surface area (Å²) in [4.78, 5) is 13.3. The zero-order valence-electron chi connectivity index (χ0n) is 14.6. The molecule has 0 aliphatic heterocycles. The van der Waals surface area contributed by atoms with Crippen molar-refractivity contribution in [1.29, 1.82) is 0 Å². The van der Waals surface area contributed by atoms with E-state index in [0.29, 0.717) is 18.1 Å². The Balaban J connectivity index is 1.56. The first kappa shape index (κ1) is 16.2. The van der Waals surface area contributed by atoms with Crippen LogP contribution in [-0.2, 0) is 6.54 Å².